The van der Waals surface area contributed by atoms with Crippen molar-refractivity contribution < 1.29 is 4.74 Å². The van der Waals surface area contributed by atoms with Crippen molar-refractivity contribution in [3.05, 3.63) is 29.8 Å². The van der Waals surface area contributed by atoms with E-state index >= 15 is 0 Å². The topological polar surface area (TPSA) is 9.23 Å². The van der Waals surface area contributed by atoms with Gasteiger partial charge in [-0.05, 0) is 44.4 Å². The predicted molar refractivity (Wildman–Crippen MR) is 70.1 cm³/mol. The number of aryl methyl sites for hydroxylation is 1. The van der Waals surface area contributed by atoms with Crippen LogP contribution in [-0.4, -0.2) is 5.60 Å². The number of rotatable bonds is 6. The summed E-state index contributed by atoms with van der Waals surface area (Å²) in [5, 5.41) is 0. The Kier molecular flexibility index (Phi) is 4.85. The average Bonchev–Trinajstić information content (AvgIpc) is 2.21. The molecular formula is C15H24O. The summed E-state index contributed by atoms with van der Waals surface area (Å²) < 4.78 is 5.98. The van der Waals surface area contributed by atoms with E-state index in [-0.39, 0.29) is 5.60 Å². The van der Waals surface area contributed by atoms with Gasteiger partial charge in [-0.2, -0.15) is 0 Å². The molecule has 0 aliphatic heterocycles. The van der Waals surface area contributed by atoms with E-state index in [2.05, 4.69) is 52.0 Å². The minimum Gasteiger partial charge on any atom is -0.488 e. The van der Waals surface area contributed by atoms with Crippen LogP contribution in [0.4, 0.5) is 0 Å². The molecule has 90 valence electrons. The zero-order valence-corrected chi connectivity index (χ0v) is 11.0. The lowest BCUT2D eigenvalue weighted by atomic mass is 10.0. The quantitative estimate of drug-likeness (QED) is 0.681. The van der Waals surface area contributed by atoms with Gasteiger partial charge in [0, 0.05) is 0 Å². The van der Waals surface area contributed by atoms with E-state index in [1.807, 2.05) is 0 Å². The summed E-state index contributed by atoms with van der Waals surface area (Å²) in [5.74, 6) is 0.985. The van der Waals surface area contributed by atoms with Gasteiger partial charge in [0.15, 0.2) is 0 Å². The maximum atomic E-state index is 5.98. The second-order valence-corrected chi connectivity index (χ2v) is 5.01. The molecule has 0 fully saturated rings. The SMILES string of the molecule is CCCc1ccc(OC(C)(C)CCC)cc1. The maximum Gasteiger partial charge on any atom is 0.120 e. The van der Waals surface area contributed by atoms with Gasteiger partial charge in [-0.3, -0.25) is 0 Å². The summed E-state index contributed by atoms with van der Waals surface area (Å²) in [7, 11) is 0. The van der Waals surface area contributed by atoms with Crippen molar-refractivity contribution >= 4 is 0 Å². The minimum atomic E-state index is -0.0545. The van der Waals surface area contributed by atoms with E-state index in [1.54, 1.807) is 0 Å². The van der Waals surface area contributed by atoms with Crippen molar-refractivity contribution in [1.82, 2.24) is 0 Å². The van der Waals surface area contributed by atoms with E-state index in [1.165, 1.54) is 12.0 Å². The smallest absolute Gasteiger partial charge is 0.120 e. The van der Waals surface area contributed by atoms with Crippen LogP contribution in [0.25, 0.3) is 0 Å². The molecule has 0 amide bonds. The Morgan fingerprint density at radius 1 is 1.00 bits per heavy atom. The molecule has 0 aliphatic rings. The van der Waals surface area contributed by atoms with Gasteiger partial charge < -0.3 is 4.74 Å². The second kappa shape index (κ2) is 5.93. The first kappa shape index (κ1) is 13.1. The molecule has 1 nitrogen and oxygen atoms in total. The Morgan fingerprint density at radius 3 is 2.12 bits per heavy atom. The standard InChI is InChI=1S/C15H24O/c1-5-7-13-8-10-14(11-9-13)16-15(3,4)12-6-2/h8-11H,5-7,12H2,1-4H3. The largest absolute Gasteiger partial charge is 0.488 e. The minimum absolute atomic E-state index is 0.0545. The van der Waals surface area contributed by atoms with Crippen LogP contribution in [0.5, 0.6) is 5.75 Å². The highest BCUT2D eigenvalue weighted by atomic mass is 16.5. The van der Waals surface area contributed by atoms with Gasteiger partial charge >= 0.3 is 0 Å². The lowest BCUT2D eigenvalue weighted by Gasteiger charge is -2.26. The number of benzene rings is 1. The van der Waals surface area contributed by atoms with E-state index in [0.29, 0.717) is 0 Å². The van der Waals surface area contributed by atoms with Crippen molar-refractivity contribution in [3.63, 3.8) is 0 Å². The zero-order valence-electron chi connectivity index (χ0n) is 11.0. The molecule has 0 saturated heterocycles. The van der Waals surface area contributed by atoms with Crippen molar-refractivity contribution in [2.24, 2.45) is 0 Å². The number of hydrogen-bond acceptors (Lipinski definition) is 1. The Balaban J connectivity index is 2.61. The first-order chi connectivity index (χ1) is 7.57. The van der Waals surface area contributed by atoms with Crippen LogP contribution in [0.3, 0.4) is 0 Å². The van der Waals surface area contributed by atoms with Crippen LogP contribution in [0.1, 0.15) is 52.5 Å². The molecule has 0 N–H and O–H groups in total. The van der Waals surface area contributed by atoms with Crippen LogP contribution < -0.4 is 4.74 Å². The van der Waals surface area contributed by atoms with E-state index in [9.17, 15) is 0 Å². The molecule has 0 bridgehead atoms. The first-order valence-corrected chi connectivity index (χ1v) is 6.35. The third kappa shape index (κ3) is 4.26. The number of ether oxygens (including phenoxy) is 1. The molecule has 1 rings (SSSR count). The Labute approximate surface area is 99.8 Å². The van der Waals surface area contributed by atoms with Crippen LogP contribution in [0, 0.1) is 0 Å². The average molecular weight is 220 g/mol. The van der Waals surface area contributed by atoms with Gasteiger partial charge in [0.25, 0.3) is 0 Å². The van der Waals surface area contributed by atoms with Crippen molar-refractivity contribution in [2.45, 2.75) is 59.0 Å². The molecule has 1 aromatic rings. The van der Waals surface area contributed by atoms with Gasteiger partial charge in [-0.25, -0.2) is 0 Å². The highest BCUT2D eigenvalue weighted by Gasteiger charge is 2.17. The molecule has 0 aliphatic carbocycles. The van der Waals surface area contributed by atoms with Gasteiger partial charge in [-0.1, -0.05) is 38.8 Å². The van der Waals surface area contributed by atoms with Gasteiger partial charge in [0.1, 0.15) is 11.4 Å². The van der Waals surface area contributed by atoms with E-state index in [0.717, 1.165) is 25.0 Å². The fourth-order valence-electron chi connectivity index (χ4n) is 1.98. The normalized spacial score (nSPS) is 11.5. The summed E-state index contributed by atoms with van der Waals surface area (Å²) in [6.45, 7) is 8.69. The molecule has 0 atom stereocenters. The summed E-state index contributed by atoms with van der Waals surface area (Å²) in [6, 6.07) is 8.51. The Morgan fingerprint density at radius 2 is 1.62 bits per heavy atom. The number of hydrogen-bond donors (Lipinski definition) is 0. The molecule has 16 heavy (non-hydrogen) atoms. The van der Waals surface area contributed by atoms with Crippen molar-refractivity contribution in [1.29, 1.82) is 0 Å². The molecule has 0 spiro atoms. The first-order valence-electron chi connectivity index (χ1n) is 6.35. The predicted octanol–water partition coefficient (Wildman–Crippen LogP) is 4.60. The fraction of sp³-hybridized carbons (Fsp3) is 0.600. The molecule has 0 aromatic heterocycles. The summed E-state index contributed by atoms with van der Waals surface area (Å²) in [6.07, 6.45) is 4.59. The Bertz CT molecular complexity index is 298. The monoisotopic (exact) mass is 220 g/mol. The molecular weight excluding hydrogens is 196 g/mol. The van der Waals surface area contributed by atoms with Gasteiger partial charge in [0.05, 0.1) is 0 Å². The molecule has 1 heteroatoms. The molecule has 0 unspecified atom stereocenters. The van der Waals surface area contributed by atoms with Crippen molar-refractivity contribution in [2.75, 3.05) is 0 Å². The van der Waals surface area contributed by atoms with Gasteiger partial charge in [0.2, 0.25) is 0 Å². The lowest BCUT2D eigenvalue weighted by molar-refractivity contribution is 0.0986. The Hall–Kier alpha value is -0.980. The third-order valence-corrected chi connectivity index (χ3v) is 2.71. The fourth-order valence-corrected chi connectivity index (χ4v) is 1.98. The molecule has 0 radical (unpaired) electrons. The van der Waals surface area contributed by atoms with Crippen LogP contribution in [0.2, 0.25) is 0 Å². The third-order valence-electron chi connectivity index (χ3n) is 2.71. The summed E-state index contributed by atoms with van der Waals surface area (Å²) in [4.78, 5) is 0. The molecule has 0 saturated carbocycles. The zero-order chi connectivity index (χ0) is 12.0. The molecule has 0 heterocycles. The van der Waals surface area contributed by atoms with Gasteiger partial charge in [-0.15, -0.1) is 0 Å². The van der Waals surface area contributed by atoms with Crippen LogP contribution >= 0.6 is 0 Å². The maximum absolute atomic E-state index is 5.98. The van der Waals surface area contributed by atoms with E-state index in [4.69, 9.17) is 4.74 Å². The van der Waals surface area contributed by atoms with Crippen LogP contribution in [-0.2, 0) is 6.42 Å². The molecule has 1 aromatic carbocycles. The highest BCUT2D eigenvalue weighted by molar-refractivity contribution is 5.27. The summed E-state index contributed by atoms with van der Waals surface area (Å²) in [5.41, 5.74) is 1.34. The summed E-state index contributed by atoms with van der Waals surface area (Å²) >= 11 is 0. The van der Waals surface area contributed by atoms with E-state index < -0.39 is 0 Å². The lowest BCUT2D eigenvalue weighted by Crippen LogP contribution is -2.27. The second-order valence-electron chi connectivity index (χ2n) is 5.01. The van der Waals surface area contributed by atoms with Crippen molar-refractivity contribution in [3.8, 4) is 5.75 Å². The highest BCUT2D eigenvalue weighted by Crippen LogP contribution is 2.22. The van der Waals surface area contributed by atoms with Crippen LogP contribution in [0.15, 0.2) is 24.3 Å².